The van der Waals surface area contributed by atoms with Gasteiger partial charge in [0, 0.05) is 23.5 Å². The minimum absolute atomic E-state index is 0.253. The van der Waals surface area contributed by atoms with Crippen LogP contribution in [0.5, 0.6) is 0 Å². The molecule has 0 radical (unpaired) electrons. The fourth-order valence-electron chi connectivity index (χ4n) is 3.18. The number of nitrogens with one attached hydrogen (secondary N) is 2. The second-order valence-electron chi connectivity index (χ2n) is 7.10. The highest BCUT2D eigenvalue weighted by Crippen LogP contribution is 2.29. The Morgan fingerprint density at radius 2 is 1.62 bits per heavy atom. The van der Waals surface area contributed by atoms with Crippen molar-refractivity contribution in [1.29, 1.82) is 0 Å². The van der Waals surface area contributed by atoms with Crippen LogP contribution in [0.2, 0.25) is 10.0 Å². The van der Waals surface area contributed by atoms with Crippen LogP contribution < -0.4 is 16.6 Å². The standard InChI is InChI=1S/C24H17Cl2N3O3/c25-20-9-6-17(13-21(20)26)16-2-1-3-18(12-16)23(31)27-19-7-4-15(5-8-19)14-29-11-10-22(30)28-24(29)32/h1-13H,14H2,(H,27,31)(H,28,30,32). The number of nitrogens with zero attached hydrogens (tertiary/aromatic N) is 1. The summed E-state index contributed by atoms with van der Waals surface area (Å²) < 4.78 is 1.39. The van der Waals surface area contributed by atoms with Crippen molar-refractivity contribution < 1.29 is 4.79 Å². The van der Waals surface area contributed by atoms with Gasteiger partial charge in [0.1, 0.15) is 0 Å². The molecule has 0 aliphatic carbocycles. The molecule has 0 saturated heterocycles. The van der Waals surface area contributed by atoms with E-state index in [0.29, 0.717) is 27.8 Å². The van der Waals surface area contributed by atoms with Crippen LogP contribution in [-0.4, -0.2) is 15.5 Å². The lowest BCUT2D eigenvalue weighted by atomic mass is 10.0. The Kier molecular flexibility index (Phi) is 6.25. The van der Waals surface area contributed by atoms with Gasteiger partial charge in [-0.1, -0.05) is 53.5 Å². The Bertz CT molecular complexity index is 1410. The topological polar surface area (TPSA) is 84.0 Å². The third-order valence-electron chi connectivity index (χ3n) is 4.84. The number of aromatic amines is 1. The quantitative estimate of drug-likeness (QED) is 0.443. The number of benzene rings is 3. The lowest BCUT2D eigenvalue weighted by Gasteiger charge is -2.09. The highest BCUT2D eigenvalue weighted by Gasteiger charge is 2.09. The van der Waals surface area contributed by atoms with E-state index in [1.807, 2.05) is 12.1 Å². The zero-order valence-electron chi connectivity index (χ0n) is 16.6. The van der Waals surface area contributed by atoms with Crippen molar-refractivity contribution in [2.24, 2.45) is 0 Å². The van der Waals surface area contributed by atoms with E-state index >= 15 is 0 Å². The van der Waals surface area contributed by atoms with Crippen LogP contribution in [0.25, 0.3) is 11.1 Å². The molecule has 1 aromatic heterocycles. The van der Waals surface area contributed by atoms with Gasteiger partial charge in [0.25, 0.3) is 11.5 Å². The number of carbonyl (C=O) groups excluding carboxylic acids is 1. The molecule has 0 aliphatic heterocycles. The summed E-state index contributed by atoms with van der Waals surface area (Å²) in [6.45, 7) is 0.301. The maximum Gasteiger partial charge on any atom is 0.328 e. The minimum Gasteiger partial charge on any atom is -0.322 e. The average molecular weight is 466 g/mol. The number of anilines is 1. The van der Waals surface area contributed by atoms with Gasteiger partial charge >= 0.3 is 5.69 Å². The van der Waals surface area contributed by atoms with Crippen LogP contribution in [0.4, 0.5) is 5.69 Å². The summed E-state index contributed by atoms with van der Waals surface area (Å²) in [6, 6.07) is 20.9. The third-order valence-corrected chi connectivity index (χ3v) is 5.58. The minimum atomic E-state index is -0.475. The van der Waals surface area contributed by atoms with Crippen LogP contribution >= 0.6 is 23.2 Å². The highest BCUT2D eigenvalue weighted by atomic mass is 35.5. The van der Waals surface area contributed by atoms with E-state index in [2.05, 4.69) is 10.3 Å². The van der Waals surface area contributed by atoms with Crippen molar-refractivity contribution in [3.8, 4) is 11.1 Å². The van der Waals surface area contributed by atoms with E-state index in [1.54, 1.807) is 54.6 Å². The Balaban J connectivity index is 1.47. The predicted molar refractivity (Wildman–Crippen MR) is 127 cm³/mol. The van der Waals surface area contributed by atoms with Crippen molar-refractivity contribution in [2.45, 2.75) is 6.54 Å². The second kappa shape index (κ2) is 9.26. The number of aromatic nitrogens is 2. The first kappa shape index (κ1) is 21.6. The molecule has 4 rings (SSSR count). The molecule has 32 heavy (non-hydrogen) atoms. The van der Waals surface area contributed by atoms with E-state index < -0.39 is 11.2 Å². The molecule has 8 heteroatoms. The van der Waals surface area contributed by atoms with Crippen LogP contribution in [-0.2, 0) is 6.54 Å². The number of hydrogen-bond donors (Lipinski definition) is 2. The van der Waals surface area contributed by atoms with Gasteiger partial charge in [0.05, 0.1) is 16.6 Å². The number of hydrogen-bond acceptors (Lipinski definition) is 3. The summed E-state index contributed by atoms with van der Waals surface area (Å²) in [4.78, 5) is 37.9. The van der Waals surface area contributed by atoms with E-state index in [1.165, 1.54) is 16.8 Å². The van der Waals surface area contributed by atoms with E-state index in [-0.39, 0.29) is 5.91 Å². The zero-order chi connectivity index (χ0) is 22.7. The van der Waals surface area contributed by atoms with Crippen molar-refractivity contribution in [3.63, 3.8) is 0 Å². The monoisotopic (exact) mass is 465 g/mol. The van der Waals surface area contributed by atoms with Gasteiger partial charge in [-0.15, -0.1) is 0 Å². The summed E-state index contributed by atoms with van der Waals surface area (Å²) >= 11 is 12.1. The molecular weight excluding hydrogens is 449 g/mol. The SMILES string of the molecule is O=C(Nc1ccc(Cn2ccc(=O)[nH]c2=O)cc1)c1cccc(-c2ccc(Cl)c(Cl)c2)c1. The molecule has 160 valence electrons. The van der Waals surface area contributed by atoms with Gasteiger partial charge in [-0.2, -0.15) is 0 Å². The molecule has 4 aromatic rings. The van der Waals surface area contributed by atoms with E-state index in [4.69, 9.17) is 23.2 Å². The Hall–Kier alpha value is -3.61. The predicted octanol–water partition coefficient (Wildman–Crippen LogP) is 4.81. The molecule has 0 fully saturated rings. The number of amides is 1. The number of halogens is 2. The molecule has 0 saturated carbocycles. The molecule has 1 heterocycles. The van der Waals surface area contributed by atoms with Gasteiger partial charge in [-0.25, -0.2) is 4.79 Å². The normalized spacial score (nSPS) is 10.7. The highest BCUT2D eigenvalue weighted by molar-refractivity contribution is 6.42. The van der Waals surface area contributed by atoms with Gasteiger partial charge in [0.2, 0.25) is 0 Å². The molecule has 6 nitrogen and oxygen atoms in total. The maximum absolute atomic E-state index is 12.7. The molecule has 0 bridgehead atoms. The van der Waals surface area contributed by atoms with Crippen LogP contribution in [0.3, 0.4) is 0 Å². The maximum atomic E-state index is 12.7. The van der Waals surface area contributed by atoms with Crippen LogP contribution in [0.1, 0.15) is 15.9 Å². The Morgan fingerprint density at radius 1 is 0.875 bits per heavy atom. The first-order valence-electron chi connectivity index (χ1n) is 9.64. The van der Waals surface area contributed by atoms with E-state index in [9.17, 15) is 14.4 Å². The summed E-state index contributed by atoms with van der Waals surface area (Å²) in [5.41, 5.74) is 2.75. The molecule has 0 aliphatic rings. The number of rotatable bonds is 5. The lowest BCUT2D eigenvalue weighted by Crippen LogP contribution is -2.28. The molecule has 0 spiro atoms. The number of carbonyl (C=O) groups is 1. The average Bonchev–Trinajstić information content (AvgIpc) is 2.79. The molecule has 1 amide bonds. The Labute approximate surface area is 193 Å². The molecule has 2 N–H and O–H groups in total. The second-order valence-corrected chi connectivity index (χ2v) is 7.91. The zero-order valence-corrected chi connectivity index (χ0v) is 18.2. The summed E-state index contributed by atoms with van der Waals surface area (Å²) in [5.74, 6) is -0.253. The summed E-state index contributed by atoms with van der Waals surface area (Å²) in [6.07, 6.45) is 1.44. The van der Waals surface area contributed by atoms with Crippen molar-refractivity contribution in [2.75, 3.05) is 5.32 Å². The first-order valence-corrected chi connectivity index (χ1v) is 10.4. The van der Waals surface area contributed by atoms with Crippen molar-refractivity contribution >= 4 is 34.8 Å². The van der Waals surface area contributed by atoms with Gasteiger partial charge in [-0.3, -0.25) is 19.1 Å². The van der Waals surface area contributed by atoms with Gasteiger partial charge in [-0.05, 0) is 53.1 Å². The van der Waals surface area contributed by atoms with Gasteiger partial charge in [0.15, 0.2) is 0 Å². The van der Waals surface area contributed by atoms with Crippen molar-refractivity contribution in [1.82, 2.24) is 9.55 Å². The lowest BCUT2D eigenvalue weighted by molar-refractivity contribution is 0.102. The molecule has 0 unspecified atom stereocenters. The first-order chi connectivity index (χ1) is 15.4. The fraction of sp³-hybridized carbons (Fsp3) is 0.0417. The summed E-state index contributed by atoms with van der Waals surface area (Å²) in [7, 11) is 0. The van der Waals surface area contributed by atoms with E-state index in [0.717, 1.165) is 16.7 Å². The van der Waals surface area contributed by atoms with Crippen LogP contribution in [0.15, 0.2) is 88.6 Å². The van der Waals surface area contributed by atoms with Crippen molar-refractivity contribution in [3.05, 3.63) is 121 Å². The number of H-pyrrole nitrogens is 1. The molecule has 0 atom stereocenters. The fourth-order valence-corrected chi connectivity index (χ4v) is 3.48. The summed E-state index contributed by atoms with van der Waals surface area (Å²) in [5, 5.41) is 3.78. The smallest absolute Gasteiger partial charge is 0.322 e. The largest absolute Gasteiger partial charge is 0.328 e. The molecule has 3 aromatic carbocycles. The van der Waals surface area contributed by atoms with Crippen LogP contribution in [0, 0.1) is 0 Å². The molecular formula is C24H17Cl2N3O3. The van der Waals surface area contributed by atoms with Gasteiger partial charge < -0.3 is 5.32 Å². The Morgan fingerprint density at radius 3 is 2.34 bits per heavy atom. The third kappa shape index (κ3) is 4.99.